The number of nitriles is 1. The average Bonchev–Trinajstić information content (AvgIpc) is 2.75. The first-order valence-corrected chi connectivity index (χ1v) is 10.1. The van der Waals surface area contributed by atoms with E-state index in [9.17, 15) is 14.9 Å². The molecule has 8 heteroatoms. The Balaban J connectivity index is 2.24. The number of ether oxygens (including phenoxy) is 3. The lowest BCUT2D eigenvalue weighted by Crippen LogP contribution is -2.13. The fourth-order valence-corrected chi connectivity index (χ4v) is 2.91. The molecule has 2 aromatic carbocycles. The van der Waals surface area contributed by atoms with Crippen LogP contribution in [0.5, 0.6) is 11.5 Å². The average molecular weight is 443 g/mol. The molecule has 31 heavy (non-hydrogen) atoms. The zero-order valence-corrected chi connectivity index (χ0v) is 18.3. The Morgan fingerprint density at radius 1 is 1.06 bits per heavy atom. The van der Waals surface area contributed by atoms with Crippen molar-refractivity contribution in [1.82, 2.24) is 0 Å². The first kappa shape index (κ1) is 23.8. The second kappa shape index (κ2) is 11.6. The Hall–Kier alpha value is -3.50. The third-order valence-corrected chi connectivity index (χ3v) is 4.23. The van der Waals surface area contributed by atoms with Crippen molar-refractivity contribution in [2.75, 3.05) is 25.1 Å². The summed E-state index contributed by atoms with van der Waals surface area (Å²) < 4.78 is 16.0. The van der Waals surface area contributed by atoms with Crippen LogP contribution in [0.15, 0.2) is 42.0 Å². The fraction of sp³-hybridized carbons (Fsp3) is 0.261. The van der Waals surface area contributed by atoms with E-state index >= 15 is 0 Å². The van der Waals surface area contributed by atoms with Crippen LogP contribution in [-0.4, -0.2) is 31.7 Å². The van der Waals surface area contributed by atoms with Gasteiger partial charge in [0.15, 0.2) is 11.5 Å². The number of rotatable bonds is 9. The molecule has 0 atom stereocenters. The van der Waals surface area contributed by atoms with Crippen LogP contribution in [0.3, 0.4) is 0 Å². The highest BCUT2D eigenvalue weighted by atomic mass is 35.5. The minimum atomic E-state index is -0.602. The van der Waals surface area contributed by atoms with Crippen LogP contribution in [0, 0.1) is 11.3 Å². The maximum absolute atomic E-state index is 12.6. The van der Waals surface area contributed by atoms with Crippen molar-refractivity contribution < 1.29 is 23.8 Å². The van der Waals surface area contributed by atoms with E-state index in [4.69, 9.17) is 25.8 Å². The van der Waals surface area contributed by atoms with Crippen LogP contribution >= 0.6 is 11.6 Å². The Labute approximate surface area is 186 Å². The monoisotopic (exact) mass is 442 g/mol. The van der Waals surface area contributed by atoms with Crippen LogP contribution in [0.2, 0.25) is 5.02 Å². The summed E-state index contributed by atoms with van der Waals surface area (Å²) in [6.45, 7) is 6.46. The zero-order chi connectivity index (χ0) is 22.8. The first-order valence-electron chi connectivity index (χ1n) is 9.72. The number of carbonyl (C=O) groups excluding carboxylic acids is 2. The van der Waals surface area contributed by atoms with Gasteiger partial charge in [-0.25, -0.2) is 4.79 Å². The zero-order valence-electron chi connectivity index (χ0n) is 17.5. The summed E-state index contributed by atoms with van der Waals surface area (Å²) in [5, 5.41) is 12.4. The molecular formula is C23H23ClN2O5. The molecule has 0 saturated heterocycles. The molecule has 1 N–H and O–H groups in total. The maximum Gasteiger partial charge on any atom is 0.338 e. The highest BCUT2D eigenvalue weighted by Gasteiger charge is 2.15. The van der Waals surface area contributed by atoms with Gasteiger partial charge in [-0.2, -0.15) is 5.26 Å². The van der Waals surface area contributed by atoms with Crippen LogP contribution in [0.4, 0.5) is 5.69 Å². The number of nitrogens with zero attached hydrogens (tertiary/aromatic N) is 1. The van der Waals surface area contributed by atoms with Gasteiger partial charge in [0.2, 0.25) is 0 Å². The van der Waals surface area contributed by atoms with E-state index in [1.165, 1.54) is 18.2 Å². The number of benzene rings is 2. The lowest BCUT2D eigenvalue weighted by molar-refractivity contribution is -0.112. The number of carbonyl (C=O) groups is 2. The normalized spacial score (nSPS) is 10.7. The lowest BCUT2D eigenvalue weighted by atomic mass is 10.1. The van der Waals surface area contributed by atoms with E-state index < -0.39 is 11.9 Å². The Morgan fingerprint density at radius 3 is 2.32 bits per heavy atom. The molecule has 0 aliphatic carbocycles. The number of nitrogens with one attached hydrogen (secondary N) is 1. The van der Waals surface area contributed by atoms with Gasteiger partial charge < -0.3 is 19.5 Å². The fourth-order valence-electron chi connectivity index (χ4n) is 2.64. The third kappa shape index (κ3) is 6.49. The van der Waals surface area contributed by atoms with E-state index in [1.54, 1.807) is 31.2 Å². The highest BCUT2D eigenvalue weighted by Crippen LogP contribution is 2.37. The first-order chi connectivity index (χ1) is 14.9. The van der Waals surface area contributed by atoms with E-state index in [2.05, 4.69) is 5.32 Å². The van der Waals surface area contributed by atoms with Crippen LogP contribution < -0.4 is 14.8 Å². The lowest BCUT2D eigenvalue weighted by Gasteiger charge is -2.13. The van der Waals surface area contributed by atoms with Crippen LogP contribution in [-0.2, 0) is 9.53 Å². The second-order valence-electron chi connectivity index (χ2n) is 6.12. The summed E-state index contributed by atoms with van der Waals surface area (Å²) in [6, 6.07) is 11.3. The van der Waals surface area contributed by atoms with Crippen LogP contribution in [0.1, 0.15) is 36.7 Å². The number of anilines is 1. The third-order valence-electron chi connectivity index (χ3n) is 3.95. The van der Waals surface area contributed by atoms with Crippen LogP contribution in [0.25, 0.3) is 6.08 Å². The van der Waals surface area contributed by atoms with Crippen molar-refractivity contribution in [2.24, 2.45) is 0 Å². The predicted octanol–water partition coefficient (Wildman–Crippen LogP) is 4.86. The molecular weight excluding hydrogens is 420 g/mol. The number of hydrogen-bond acceptors (Lipinski definition) is 6. The summed E-state index contributed by atoms with van der Waals surface area (Å²) >= 11 is 6.29. The van der Waals surface area contributed by atoms with Gasteiger partial charge in [0.05, 0.1) is 30.4 Å². The Kier molecular flexibility index (Phi) is 8.92. The SMILES string of the molecule is CCOC(=O)c1ccc(NC(=O)/C(C#N)=C/c2cc(Cl)c(OCC)c(OCC)c2)cc1. The van der Waals surface area contributed by atoms with Gasteiger partial charge in [-0.15, -0.1) is 0 Å². The molecule has 2 aromatic rings. The summed E-state index contributed by atoms with van der Waals surface area (Å²) in [7, 11) is 0. The van der Waals surface area contributed by atoms with Crippen molar-refractivity contribution >= 4 is 35.2 Å². The van der Waals surface area contributed by atoms with Gasteiger partial charge in [0, 0.05) is 5.69 Å². The van der Waals surface area contributed by atoms with E-state index in [0.717, 1.165) is 0 Å². The van der Waals surface area contributed by atoms with Crippen molar-refractivity contribution in [1.29, 1.82) is 5.26 Å². The Bertz CT molecular complexity index is 1010. The van der Waals surface area contributed by atoms with Gasteiger partial charge >= 0.3 is 5.97 Å². The molecule has 0 fully saturated rings. The van der Waals surface area contributed by atoms with Gasteiger partial charge in [0.1, 0.15) is 11.6 Å². The molecule has 0 heterocycles. The van der Waals surface area contributed by atoms with E-state index in [1.807, 2.05) is 19.9 Å². The second-order valence-corrected chi connectivity index (χ2v) is 6.52. The van der Waals surface area contributed by atoms with E-state index in [0.29, 0.717) is 46.5 Å². The largest absolute Gasteiger partial charge is 0.490 e. The molecule has 0 unspecified atom stereocenters. The molecule has 1 amide bonds. The van der Waals surface area contributed by atoms with Crippen molar-refractivity contribution in [3.8, 4) is 17.6 Å². The Morgan fingerprint density at radius 2 is 1.74 bits per heavy atom. The molecule has 0 bridgehead atoms. The summed E-state index contributed by atoms with van der Waals surface area (Å²) in [4.78, 5) is 24.3. The maximum atomic E-state index is 12.6. The minimum Gasteiger partial charge on any atom is -0.490 e. The molecule has 0 aromatic heterocycles. The molecule has 2 rings (SSSR count). The molecule has 0 aliphatic rings. The molecule has 0 aliphatic heterocycles. The highest BCUT2D eigenvalue weighted by molar-refractivity contribution is 6.32. The molecule has 7 nitrogen and oxygen atoms in total. The number of halogens is 1. The van der Waals surface area contributed by atoms with Gasteiger partial charge in [-0.1, -0.05) is 11.6 Å². The predicted molar refractivity (Wildman–Crippen MR) is 118 cm³/mol. The molecule has 0 saturated carbocycles. The van der Waals surface area contributed by atoms with Gasteiger partial charge in [-0.05, 0) is 68.8 Å². The summed E-state index contributed by atoms with van der Waals surface area (Å²) in [5.41, 5.74) is 1.18. The summed E-state index contributed by atoms with van der Waals surface area (Å²) in [5.74, 6) is -0.215. The quantitative estimate of drug-likeness (QED) is 0.338. The molecule has 162 valence electrons. The topological polar surface area (TPSA) is 97.7 Å². The number of amides is 1. The van der Waals surface area contributed by atoms with Gasteiger partial charge in [-0.3, -0.25) is 4.79 Å². The van der Waals surface area contributed by atoms with E-state index in [-0.39, 0.29) is 12.2 Å². The smallest absolute Gasteiger partial charge is 0.338 e. The van der Waals surface area contributed by atoms with Crippen molar-refractivity contribution in [3.05, 3.63) is 58.1 Å². The molecule has 0 radical (unpaired) electrons. The van der Waals surface area contributed by atoms with Crippen molar-refractivity contribution in [2.45, 2.75) is 20.8 Å². The van der Waals surface area contributed by atoms with Crippen molar-refractivity contribution in [3.63, 3.8) is 0 Å². The number of hydrogen-bond donors (Lipinski definition) is 1. The minimum absolute atomic E-state index is 0.128. The summed E-state index contributed by atoms with van der Waals surface area (Å²) in [6.07, 6.45) is 1.41. The molecule has 0 spiro atoms. The van der Waals surface area contributed by atoms with Gasteiger partial charge in [0.25, 0.3) is 5.91 Å². The standard InChI is InChI=1S/C23H23ClN2O5/c1-4-29-20-13-15(12-19(24)21(20)30-5-2)11-17(14-25)22(27)26-18-9-7-16(8-10-18)23(28)31-6-3/h7-13H,4-6H2,1-3H3,(H,26,27)/b17-11+. The number of esters is 1.